The molecule has 0 aliphatic carbocycles. The van der Waals surface area contributed by atoms with Gasteiger partial charge in [-0.2, -0.15) is 4.98 Å². The van der Waals surface area contributed by atoms with E-state index in [2.05, 4.69) is 32.7 Å². The molecule has 1 aromatic heterocycles. The number of hydrogen-bond donors (Lipinski definition) is 1. The summed E-state index contributed by atoms with van der Waals surface area (Å²) in [6.45, 7) is 11.0. The molecule has 2 N–H and O–H groups in total. The molecule has 0 bridgehead atoms. The van der Waals surface area contributed by atoms with Crippen molar-refractivity contribution in [2.75, 3.05) is 12.3 Å². The third kappa shape index (κ3) is 4.43. The van der Waals surface area contributed by atoms with Crippen molar-refractivity contribution in [2.24, 2.45) is 11.8 Å². The van der Waals surface area contributed by atoms with Gasteiger partial charge in [-0.3, -0.25) is 0 Å². The van der Waals surface area contributed by atoms with Gasteiger partial charge in [-0.05, 0) is 24.8 Å². The quantitative estimate of drug-likeness (QED) is 0.845. The smallest absolute Gasteiger partial charge is 0.240 e. The molecule has 1 unspecified atom stereocenters. The van der Waals surface area contributed by atoms with Crippen LogP contribution in [0.5, 0.6) is 11.8 Å². The summed E-state index contributed by atoms with van der Waals surface area (Å²) in [6, 6.07) is 3.54. The molecule has 0 aliphatic rings. The van der Waals surface area contributed by atoms with Crippen molar-refractivity contribution >= 4 is 5.69 Å². The minimum absolute atomic E-state index is 0.110. The lowest BCUT2D eigenvalue weighted by atomic mass is 10.1. The van der Waals surface area contributed by atoms with Gasteiger partial charge in [0.25, 0.3) is 0 Å². The van der Waals surface area contributed by atoms with Gasteiger partial charge in [-0.1, -0.05) is 27.7 Å². The molecule has 0 saturated heterocycles. The maximum atomic E-state index is 5.82. The Labute approximate surface area is 110 Å². The molecule has 4 heteroatoms. The van der Waals surface area contributed by atoms with Gasteiger partial charge < -0.3 is 15.2 Å². The van der Waals surface area contributed by atoms with E-state index in [0.717, 1.165) is 0 Å². The summed E-state index contributed by atoms with van der Waals surface area (Å²) >= 11 is 0. The molecule has 18 heavy (non-hydrogen) atoms. The van der Waals surface area contributed by atoms with Gasteiger partial charge in [0.1, 0.15) is 0 Å². The third-order valence-corrected chi connectivity index (χ3v) is 2.66. The maximum Gasteiger partial charge on any atom is 0.240 e. The second-order valence-electron chi connectivity index (χ2n) is 5.32. The Kier molecular flexibility index (Phi) is 5.25. The van der Waals surface area contributed by atoms with E-state index in [0.29, 0.717) is 35.9 Å². The molecular weight excluding hydrogens is 228 g/mol. The normalized spacial score (nSPS) is 12.8. The highest BCUT2D eigenvalue weighted by atomic mass is 16.5. The topological polar surface area (TPSA) is 57.4 Å². The van der Waals surface area contributed by atoms with Crippen molar-refractivity contribution in [3.8, 4) is 11.8 Å². The molecule has 102 valence electrons. The van der Waals surface area contributed by atoms with Crippen molar-refractivity contribution in [1.29, 1.82) is 0 Å². The number of pyridine rings is 1. The van der Waals surface area contributed by atoms with E-state index in [1.165, 1.54) is 0 Å². The first kappa shape index (κ1) is 14.6. The molecular formula is C14H24N2O2. The molecule has 1 atom stereocenters. The molecule has 0 aliphatic heterocycles. The molecule has 0 aromatic carbocycles. The lowest BCUT2D eigenvalue weighted by molar-refractivity contribution is 0.160. The van der Waals surface area contributed by atoms with E-state index >= 15 is 0 Å². The van der Waals surface area contributed by atoms with Crippen LogP contribution in [0.1, 0.15) is 34.6 Å². The monoisotopic (exact) mass is 252 g/mol. The number of hydrogen-bond acceptors (Lipinski definition) is 4. The summed E-state index contributed by atoms with van der Waals surface area (Å²) in [7, 11) is 0. The zero-order valence-corrected chi connectivity index (χ0v) is 11.9. The van der Waals surface area contributed by atoms with Crippen LogP contribution in [0.15, 0.2) is 12.1 Å². The third-order valence-electron chi connectivity index (χ3n) is 2.66. The second kappa shape index (κ2) is 6.47. The highest BCUT2D eigenvalue weighted by molar-refractivity contribution is 5.49. The van der Waals surface area contributed by atoms with Gasteiger partial charge in [0.05, 0.1) is 18.4 Å². The van der Waals surface area contributed by atoms with Crippen molar-refractivity contribution in [2.45, 2.75) is 40.7 Å². The summed E-state index contributed by atoms with van der Waals surface area (Å²) < 4.78 is 11.3. The summed E-state index contributed by atoms with van der Waals surface area (Å²) in [5.41, 5.74) is 6.37. The van der Waals surface area contributed by atoms with Crippen LogP contribution in [0, 0.1) is 11.8 Å². The number of ether oxygens (including phenoxy) is 2. The minimum atomic E-state index is 0.110. The highest BCUT2D eigenvalue weighted by Crippen LogP contribution is 2.24. The van der Waals surface area contributed by atoms with Gasteiger partial charge in [0.2, 0.25) is 11.8 Å². The average molecular weight is 252 g/mol. The summed E-state index contributed by atoms with van der Waals surface area (Å²) in [4.78, 5) is 4.30. The minimum Gasteiger partial charge on any atom is -0.476 e. The molecule has 1 aromatic rings. The largest absolute Gasteiger partial charge is 0.476 e. The number of anilines is 1. The van der Waals surface area contributed by atoms with Gasteiger partial charge in [0.15, 0.2) is 0 Å². The molecule has 0 spiro atoms. The SMILES string of the molecule is CC(C)COc1nc(OC(C)C(C)C)ccc1N. The molecule has 1 heterocycles. The van der Waals surface area contributed by atoms with E-state index in [-0.39, 0.29) is 6.10 Å². The van der Waals surface area contributed by atoms with E-state index in [1.807, 2.05) is 6.92 Å². The first-order valence-corrected chi connectivity index (χ1v) is 6.46. The number of nitrogens with two attached hydrogens (primary N) is 1. The maximum absolute atomic E-state index is 5.82. The van der Waals surface area contributed by atoms with Crippen LogP contribution in [-0.2, 0) is 0 Å². The zero-order valence-electron chi connectivity index (χ0n) is 11.9. The number of rotatable bonds is 6. The Morgan fingerprint density at radius 3 is 2.39 bits per heavy atom. The molecule has 1 rings (SSSR count). The van der Waals surface area contributed by atoms with E-state index in [1.54, 1.807) is 12.1 Å². The Morgan fingerprint density at radius 1 is 1.17 bits per heavy atom. The number of nitrogen functional groups attached to an aromatic ring is 1. The molecule has 0 fully saturated rings. The van der Waals surface area contributed by atoms with Crippen LogP contribution < -0.4 is 15.2 Å². The Bertz CT molecular complexity index is 378. The highest BCUT2D eigenvalue weighted by Gasteiger charge is 2.12. The predicted octanol–water partition coefficient (Wildman–Crippen LogP) is 3.12. The predicted molar refractivity (Wildman–Crippen MR) is 73.9 cm³/mol. The van der Waals surface area contributed by atoms with Gasteiger partial charge >= 0.3 is 0 Å². The fourth-order valence-corrected chi connectivity index (χ4v) is 1.19. The molecule has 0 radical (unpaired) electrons. The Balaban J connectivity index is 2.74. The zero-order chi connectivity index (χ0) is 13.7. The summed E-state index contributed by atoms with van der Waals surface area (Å²) in [5, 5.41) is 0. The molecule has 0 amide bonds. The summed E-state index contributed by atoms with van der Waals surface area (Å²) in [5.74, 6) is 1.89. The molecule has 4 nitrogen and oxygen atoms in total. The van der Waals surface area contributed by atoms with Crippen molar-refractivity contribution in [3.05, 3.63) is 12.1 Å². The first-order chi connectivity index (χ1) is 8.40. The van der Waals surface area contributed by atoms with Gasteiger partial charge in [-0.15, -0.1) is 0 Å². The van der Waals surface area contributed by atoms with Crippen LogP contribution >= 0.6 is 0 Å². The summed E-state index contributed by atoms with van der Waals surface area (Å²) in [6.07, 6.45) is 0.110. The van der Waals surface area contributed by atoms with Crippen LogP contribution in [0.3, 0.4) is 0 Å². The van der Waals surface area contributed by atoms with Gasteiger partial charge in [0, 0.05) is 6.07 Å². The van der Waals surface area contributed by atoms with E-state index in [9.17, 15) is 0 Å². The van der Waals surface area contributed by atoms with Gasteiger partial charge in [-0.25, -0.2) is 0 Å². The van der Waals surface area contributed by atoms with E-state index < -0.39 is 0 Å². The second-order valence-corrected chi connectivity index (χ2v) is 5.32. The number of aromatic nitrogens is 1. The lowest BCUT2D eigenvalue weighted by Gasteiger charge is -2.18. The van der Waals surface area contributed by atoms with Crippen LogP contribution in [-0.4, -0.2) is 17.7 Å². The van der Waals surface area contributed by atoms with Crippen LogP contribution in [0.4, 0.5) is 5.69 Å². The Morgan fingerprint density at radius 2 is 1.83 bits per heavy atom. The van der Waals surface area contributed by atoms with Crippen molar-refractivity contribution < 1.29 is 9.47 Å². The lowest BCUT2D eigenvalue weighted by Crippen LogP contribution is -2.19. The van der Waals surface area contributed by atoms with Crippen molar-refractivity contribution in [1.82, 2.24) is 4.98 Å². The van der Waals surface area contributed by atoms with Crippen LogP contribution in [0.2, 0.25) is 0 Å². The van der Waals surface area contributed by atoms with Crippen molar-refractivity contribution in [3.63, 3.8) is 0 Å². The average Bonchev–Trinajstić information content (AvgIpc) is 2.29. The standard InChI is InChI=1S/C14H24N2O2/c1-9(2)8-17-14-12(15)6-7-13(16-14)18-11(5)10(3)4/h6-7,9-11H,8,15H2,1-5H3. The fourth-order valence-electron chi connectivity index (χ4n) is 1.19. The Hall–Kier alpha value is -1.45. The van der Waals surface area contributed by atoms with Crippen LogP contribution in [0.25, 0.3) is 0 Å². The number of nitrogens with zero attached hydrogens (tertiary/aromatic N) is 1. The molecule has 0 saturated carbocycles. The van der Waals surface area contributed by atoms with E-state index in [4.69, 9.17) is 15.2 Å². The fraction of sp³-hybridized carbons (Fsp3) is 0.643. The first-order valence-electron chi connectivity index (χ1n) is 6.46.